The normalized spacial score (nSPS) is 13.5. The van der Waals surface area contributed by atoms with Gasteiger partial charge in [-0.1, -0.05) is 20.8 Å². The molecule has 0 bridgehead atoms. The Bertz CT molecular complexity index is 263. The van der Waals surface area contributed by atoms with Crippen LogP contribution in [-0.4, -0.2) is 46.4 Å². The number of ether oxygens (including phenoxy) is 2. The Morgan fingerprint density at radius 3 is 1.73 bits per heavy atom. The lowest BCUT2D eigenvalue weighted by Gasteiger charge is -2.35. The Morgan fingerprint density at radius 1 is 1.13 bits per heavy atom. The molecule has 5 heteroatoms. The third-order valence-electron chi connectivity index (χ3n) is 2.83. The first-order chi connectivity index (χ1) is 6.88. The molecule has 0 spiro atoms. The van der Waals surface area contributed by atoms with Gasteiger partial charge < -0.3 is 9.47 Å². The van der Waals surface area contributed by atoms with Crippen LogP contribution in [0.4, 0.5) is 0 Å². The fourth-order valence-corrected chi connectivity index (χ4v) is 3.58. The van der Waals surface area contributed by atoms with Gasteiger partial charge >= 0.3 is 0 Å². The van der Waals surface area contributed by atoms with Crippen molar-refractivity contribution in [2.75, 3.05) is 33.2 Å². The fraction of sp³-hybridized carbons (Fsp3) is 1.00. The van der Waals surface area contributed by atoms with Crippen LogP contribution < -0.4 is 0 Å². The van der Waals surface area contributed by atoms with Crippen molar-refractivity contribution in [3.63, 3.8) is 0 Å². The summed E-state index contributed by atoms with van der Waals surface area (Å²) in [5, 5.41) is 0. The first kappa shape index (κ1) is 14.9. The highest BCUT2D eigenvalue weighted by molar-refractivity contribution is 7.92. The molecule has 0 fully saturated rings. The molecule has 0 aliphatic carbocycles. The summed E-state index contributed by atoms with van der Waals surface area (Å²) in [4.78, 5) is 0. The van der Waals surface area contributed by atoms with Crippen molar-refractivity contribution in [3.05, 3.63) is 0 Å². The van der Waals surface area contributed by atoms with Gasteiger partial charge in [-0.05, 0) is 5.92 Å². The highest BCUT2D eigenvalue weighted by atomic mass is 32.2. The lowest BCUT2D eigenvalue weighted by Crippen LogP contribution is -2.52. The fourth-order valence-electron chi connectivity index (χ4n) is 1.69. The zero-order valence-corrected chi connectivity index (χ0v) is 11.1. The number of rotatable bonds is 7. The minimum absolute atomic E-state index is 0.0395. The average molecular weight is 238 g/mol. The highest BCUT2D eigenvalue weighted by Gasteiger charge is 2.45. The second-order valence-electron chi connectivity index (χ2n) is 3.99. The summed E-state index contributed by atoms with van der Waals surface area (Å²) in [7, 11) is -0.172. The van der Waals surface area contributed by atoms with Crippen LogP contribution in [-0.2, 0) is 19.3 Å². The van der Waals surface area contributed by atoms with Gasteiger partial charge in [0.05, 0.1) is 13.2 Å². The van der Waals surface area contributed by atoms with Crippen molar-refractivity contribution in [1.82, 2.24) is 0 Å². The van der Waals surface area contributed by atoms with E-state index in [1.165, 1.54) is 14.2 Å². The quantitative estimate of drug-likeness (QED) is 0.666. The van der Waals surface area contributed by atoms with Crippen molar-refractivity contribution < 1.29 is 17.9 Å². The summed E-state index contributed by atoms with van der Waals surface area (Å²) >= 11 is 0. The van der Waals surface area contributed by atoms with Crippen molar-refractivity contribution >= 4 is 9.84 Å². The van der Waals surface area contributed by atoms with E-state index in [4.69, 9.17) is 9.47 Å². The lowest BCUT2D eigenvalue weighted by atomic mass is 9.96. The summed E-state index contributed by atoms with van der Waals surface area (Å²) in [5.41, 5.74) is 0. The van der Waals surface area contributed by atoms with E-state index in [-0.39, 0.29) is 24.9 Å². The summed E-state index contributed by atoms with van der Waals surface area (Å²) in [6, 6.07) is 0. The summed E-state index contributed by atoms with van der Waals surface area (Å²) in [6.07, 6.45) is 0. The molecule has 0 heterocycles. The van der Waals surface area contributed by atoms with Gasteiger partial charge in [-0.15, -0.1) is 0 Å². The molecule has 92 valence electrons. The third kappa shape index (κ3) is 2.92. The molecule has 0 aliphatic rings. The molecule has 4 nitrogen and oxygen atoms in total. The topological polar surface area (TPSA) is 52.6 Å². The largest absolute Gasteiger partial charge is 0.383 e. The molecule has 0 atom stereocenters. The van der Waals surface area contributed by atoms with Crippen molar-refractivity contribution in [3.8, 4) is 0 Å². The molecule has 15 heavy (non-hydrogen) atoms. The third-order valence-corrected chi connectivity index (χ3v) is 5.53. The molecule has 0 amide bonds. The van der Waals surface area contributed by atoms with Crippen molar-refractivity contribution in [2.45, 2.75) is 25.5 Å². The number of sulfone groups is 1. The average Bonchev–Trinajstić information content (AvgIpc) is 2.16. The zero-order chi connectivity index (χ0) is 12.1. The van der Waals surface area contributed by atoms with Gasteiger partial charge in [0.1, 0.15) is 4.75 Å². The van der Waals surface area contributed by atoms with E-state index in [9.17, 15) is 8.42 Å². The molecular formula is C10H22O4S. The van der Waals surface area contributed by atoms with Crippen LogP contribution in [0.3, 0.4) is 0 Å². The smallest absolute Gasteiger partial charge is 0.160 e. The number of hydrogen-bond acceptors (Lipinski definition) is 4. The molecule has 0 aromatic carbocycles. The van der Waals surface area contributed by atoms with Gasteiger partial charge in [-0.3, -0.25) is 0 Å². The predicted octanol–water partition coefficient (Wildman–Crippen LogP) is 1.11. The summed E-state index contributed by atoms with van der Waals surface area (Å²) < 4.78 is 33.3. The van der Waals surface area contributed by atoms with Gasteiger partial charge in [0.25, 0.3) is 0 Å². The molecule has 0 radical (unpaired) electrons. The maximum atomic E-state index is 12.1. The molecular weight excluding hydrogens is 216 g/mol. The molecule has 0 rings (SSSR count). The molecule has 0 aromatic heterocycles. The van der Waals surface area contributed by atoms with E-state index in [2.05, 4.69) is 0 Å². The molecule has 0 aromatic rings. The Kier molecular flexibility index (Phi) is 5.77. The number of hydrogen-bond donors (Lipinski definition) is 0. The highest BCUT2D eigenvalue weighted by Crippen LogP contribution is 2.28. The van der Waals surface area contributed by atoms with E-state index < -0.39 is 14.6 Å². The Labute approximate surface area is 92.9 Å². The molecule has 0 saturated carbocycles. The van der Waals surface area contributed by atoms with Gasteiger partial charge in [0.2, 0.25) is 0 Å². The first-order valence-electron chi connectivity index (χ1n) is 5.08. The summed E-state index contributed by atoms with van der Waals surface area (Å²) in [5.74, 6) is 0.0695. The maximum absolute atomic E-state index is 12.1. The van der Waals surface area contributed by atoms with Crippen LogP contribution in [0.5, 0.6) is 0 Å². The summed E-state index contributed by atoms with van der Waals surface area (Å²) in [6.45, 7) is 5.76. The first-order valence-corrected chi connectivity index (χ1v) is 6.73. The Morgan fingerprint density at radius 2 is 1.53 bits per heavy atom. The van der Waals surface area contributed by atoms with Crippen LogP contribution in [0.2, 0.25) is 0 Å². The van der Waals surface area contributed by atoms with Crippen LogP contribution in [0.1, 0.15) is 20.8 Å². The van der Waals surface area contributed by atoms with Gasteiger partial charge in [0, 0.05) is 20.0 Å². The standard InChI is InChI=1S/C10H22O4S/c1-6-15(11,12)10(7-13-4,8-14-5)9(2)3/h9H,6-8H2,1-5H3. The van der Waals surface area contributed by atoms with E-state index in [0.717, 1.165) is 0 Å². The van der Waals surface area contributed by atoms with Crippen molar-refractivity contribution in [2.24, 2.45) is 5.92 Å². The van der Waals surface area contributed by atoms with E-state index in [0.29, 0.717) is 0 Å². The number of methoxy groups -OCH3 is 2. The van der Waals surface area contributed by atoms with Crippen LogP contribution >= 0.6 is 0 Å². The molecule has 0 unspecified atom stereocenters. The van der Waals surface area contributed by atoms with Crippen LogP contribution in [0, 0.1) is 5.92 Å². The van der Waals surface area contributed by atoms with Crippen molar-refractivity contribution in [1.29, 1.82) is 0 Å². The molecule has 0 N–H and O–H groups in total. The van der Waals surface area contributed by atoms with E-state index in [1.807, 2.05) is 13.8 Å². The van der Waals surface area contributed by atoms with Gasteiger partial charge in [-0.25, -0.2) is 8.42 Å². The zero-order valence-electron chi connectivity index (χ0n) is 10.2. The second kappa shape index (κ2) is 5.82. The molecule has 0 saturated heterocycles. The SMILES string of the molecule is CCS(=O)(=O)C(COC)(COC)C(C)C. The second-order valence-corrected chi connectivity index (χ2v) is 6.61. The lowest BCUT2D eigenvalue weighted by molar-refractivity contribution is 0.0776. The Hall–Kier alpha value is -0.130. The van der Waals surface area contributed by atoms with E-state index in [1.54, 1.807) is 6.92 Å². The van der Waals surface area contributed by atoms with Crippen LogP contribution in [0.15, 0.2) is 0 Å². The minimum atomic E-state index is -3.20. The van der Waals surface area contributed by atoms with Crippen LogP contribution in [0.25, 0.3) is 0 Å². The molecule has 0 aliphatic heterocycles. The van der Waals surface area contributed by atoms with E-state index >= 15 is 0 Å². The van der Waals surface area contributed by atoms with Gasteiger partial charge in [-0.2, -0.15) is 0 Å². The van der Waals surface area contributed by atoms with Gasteiger partial charge in [0.15, 0.2) is 9.84 Å². The predicted molar refractivity (Wildman–Crippen MR) is 60.8 cm³/mol. The Balaban J connectivity index is 5.30. The maximum Gasteiger partial charge on any atom is 0.160 e. The minimum Gasteiger partial charge on any atom is -0.383 e. The monoisotopic (exact) mass is 238 g/mol.